The van der Waals surface area contributed by atoms with Crippen molar-refractivity contribution in [2.75, 3.05) is 25.0 Å². The first-order valence-electron chi connectivity index (χ1n) is 9.03. The molecule has 1 saturated heterocycles. The summed E-state index contributed by atoms with van der Waals surface area (Å²) < 4.78 is 18.5. The molecule has 154 valence electrons. The molecule has 2 rings (SSSR count). The van der Waals surface area contributed by atoms with Gasteiger partial charge in [-0.3, -0.25) is 4.79 Å². The van der Waals surface area contributed by atoms with Crippen LogP contribution in [0.4, 0.5) is 19.7 Å². The molecular formula is C18H26FN3O5Si. The van der Waals surface area contributed by atoms with Gasteiger partial charge in [-0.1, -0.05) is 25.7 Å². The molecule has 0 aromatic heterocycles. The predicted molar refractivity (Wildman–Crippen MR) is 105 cm³/mol. The summed E-state index contributed by atoms with van der Waals surface area (Å²) in [5.41, 5.74) is 0.259. The fourth-order valence-electron chi connectivity index (χ4n) is 2.82. The van der Waals surface area contributed by atoms with E-state index in [9.17, 15) is 23.9 Å². The van der Waals surface area contributed by atoms with E-state index in [1.165, 1.54) is 18.2 Å². The van der Waals surface area contributed by atoms with Crippen molar-refractivity contribution in [1.29, 1.82) is 0 Å². The summed E-state index contributed by atoms with van der Waals surface area (Å²) in [7, 11) is -1.36. The second-order valence-electron chi connectivity index (χ2n) is 7.99. The zero-order valence-electron chi connectivity index (χ0n) is 16.2. The smallest absolute Gasteiger partial charge is 0.407 e. The highest BCUT2D eigenvalue weighted by molar-refractivity contribution is 6.76. The third-order valence-electron chi connectivity index (χ3n) is 4.41. The molecule has 8 nitrogen and oxygen atoms in total. The number of carboxylic acid groups (broad SMARTS) is 1. The molecule has 2 unspecified atom stereocenters. The number of ether oxygens (including phenoxy) is 1. The molecule has 2 atom stereocenters. The average Bonchev–Trinajstić information content (AvgIpc) is 2.97. The van der Waals surface area contributed by atoms with Crippen molar-refractivity contribution < 1.29 is 28.6 Å². The van der Waals surface area contributed by atoms with Gasteiger partial charge in [0.25, 0.3) is 0 Å². The first-order valence-corrected chi connectivity index (χ1v) is 12.7. The zero-order valence-corrected chi connectivity index (χ0v) is 17.2. The number of anilines is 1. The molecule has 0 spiro atoms. The maximum atomic E-state index is 13.3. The van der Waals surface area contributed by atoms with E-state index in [2.05, 4.69) is 30.3 Å². The summed E-state index contributed by atoms with van der Waals surface area (Å²) in [5, 5.41) is 14.4. The van der Waals surface area contributed by atoms with Gasteiger partial charge < -0.3 is 25.4 Å². The second-order valence-corrected chi connectivity index (χ2v) is 13.6. The Morgan fingerprint density at radius 2 is 2.00 bits per heavy atom. The van der Waals surface area contributed by atoms with Gasteiger partial charge in [-0.25, -0.2) is 14.0 Å². The van der Waals surface area contributed by atoms with Gasteiger partial charge in [0.15, 0.2) is 0 Å². The highest BCUT2D eigenvalue weighted by Gasteiger charge is 2.41. The molecule has 10 heteroatoms. The van der Waals surface area contributed by atoms with Crippen LogP contribution >= 0.6 is 0 Å². The largest absolute Gasteiger partial charge is 0.465 e. The average molecular weight is 412 g/mol. The van der Waals surface area contributed by atoms with Crippen molar-refractivity contribution in [1.82, 2.24) is 10.2 Å². The normalized spacial score (nSPS) is 19.2. The number of nitrogens with zero attached hydrogens (tertiary/aromatic N) is 1. The third kappa shape index (κ3) is 6.52. The summed E-state index contributed by atoms with van der Waals surface area (Å²) in [4.78, 5) is 37.0. The zero-order chi connectivity index (χ0) is 20.9. The molecule has 3 N–H and O–H groups in total. The van der Waals surface area contributed by atoms with Crippen molar-refractivity contribution in [2.45, 2.75) is 31.7 Å². The first-order chi connectivity index (χ1) is 13.0. The number of nitrogens with one attached hydrogen (secondary N) is 2. The van der Waals surface area contributed by atoms with Crippen LogP contribution in [0.1, 0.15) is 0 Å². The molecule has 1 heterocycles. The number of halogens is 1. The number of hydrogen-bond donors (Lipinski definition) is 3. The van der Waals surface area contributed by atoms with Crippen LogP contribution in [0.2, 0.25) is 25.7 Å². The van der Waals surface area contributed by atoms with Gasteiger partial charge in [0, 0.05) is 26.9 Å². The van der Waals surface area contributed by atoms with Crippen molar-refractivity contribution >= 4 is 31.9 Å². The number of carbonyl (C=O) groups is 3. The molecule has 3 amide bonds. The number of likely N-dealkylation sites (tertiary alicyclic amines) is 1. The quantitative estimate of drug-likeness (QED) is 0.624. The number of carbonyl (C=O) groups excluding carboxylic acids is 2. The van der Waals surface area contributed by atoms with E-state index in [1.807, 2.05) is 0 Å². The van der Waals surface area contributed by atoms with Gasteiger partial charge >= 0.3 is 12.2 Å². The van der Waals surface area contributed by atoms with Crippen molar-refractivity contribution in [3.63, 3.8) is 0 Å². The maximum Gasteiger partial charge on any atom is 0.407 e. The molecule has 0 aliphatic carbocycles. The second kappa shape index (κ2) is 9.05. The van der Waals surface area contributed by atoms with Crippen LogP contribution in [0.5, 0.6) is 0 Å². The van der Waals surface area contributed by atoms with E-state index in [0.29, 0.717) is 0 Å². The Kier molecular flexibility index (Phi) is 7.00. The van der Waals surface area contributed by atoms with Gasteiger partial charge in [-0.15, -0.1) is 0 Å². The Balaban J connectivity index is 2.00. The molecule has 1 fully saturated rings. The van der Waals surface area contributed by atoms with Gasteiger partial charge in [0.2, 0.25) is 5.91 Å². The van der Waals surface area contributed by atoms with Gasteiger partial charge in [0.05, 0.1) is 18.6 Å². The minimum Gasteiger partial charge on any atom is -0.465 e. The summed E-state index contributed by atoms with van der Waals surface area (Å²) in [5.74, 6) is -1.82. The lowest BCUT2D eigenvalue weighted by Crippen LogP contribution is -2.45. The van der Waals surface area contributed by atoms with Crippen LogP contribution in [0.15, 0.2) is 24.3 Å². The number of benzene rings is 1. The predicted octanol–water partition coefficient (Wildman–Crippen LogP) is 2.81. The SMILES string of the molecule is C[Si](C)(C)CCOC(=O)NC1CN(C(=O)O)CC1C(=O)Nc1cccc(F)c1. The summed E-state index contributed by atoms with van der Waals surface area (Å²) in [6.07, 6.45) is -1.86. The van der Waals surface area contributed by atoms with E-state index in [4.69, 9.17) is 4.74 Å². The molecule has 0 saturated carbocycles. The van der Waals surface area contributed by atoms with Crippen LogP contribution in [0.25, 0.3) is 0 Å². The van der Waals surface area contributed by atoms with Crippen molar-refractivity contribution in [3.05, 3.63) is 30.1 Å². The van der Waals surface area contributed by atoms with Crippen LogP contribution in [0.3, 0.4) is 0 Å². The molecule has 1 aliphatic heterocycles. The molecule has 0 radical (unpaired) electrons. The minimum atomic E-state index is -1.36. The number of alkyl carbamates (subject to hydrolysis) is 1. The fraction of sp³-hybridized carbons (Fsp3) is 0.500. The Morgan fingerprint density at radius 1 is 1.29 bits per heavy atom. The Labute approximate surface area is 164 Å². The van der Waals surface area contributed by atoms with E-state index >= 15 is 0 Å². The maximum absolute atomic E-state index is 13.3. The standard InChI is InChI=1S/C18H26FN3O5Si/c1-28(2,3)8-7-27-17(24)21-15-11-22(18(25)26)10-14(15)16(23)20-13-6-4-5-12(19)9-13/h4-6,9,14-15H,7-8,10-11H2,1-3H3,(H,20,23)(H,21,24)(H,25,26). The van der Waals surface area contributed by atoms with E-state index in [1.54, 1.807) is 0 Å². The third-order valence-corrected chi connectivity index (χ3v) is 6.11. The molecule has 1 aromatic carbocycles. The van der Waals surface area contributed by atoms with Crippen molar-refractivity contribution in [3.8, 4) is 0 Å². The Bertz CT molecular complexity index is 740. The van der Waals surface area contributed by atoms with Crippen molar-refractivity contribution in [2.24, 2.45) is 5.92 Å². The number of rotatable bonds is 6. The molecule has 1 aromatic rings. The molecule has 1 aliphatic rings. The highest BCUT2D eigenvalue weighted by Crippen LogP contribution is 2.20. The van der Waals surface area contributed by atoms with E-state index < -0.39 is 43.9 Å². The fourth-order valence-corrected chi connectivity index (χ4v) is 3.53. The highest BCUT2D eigenvalue weighted by atomic mass is 28.3. The number of hydrogen-bond acceptors (Lipinski definition) is 4. The van der Waals surface area contributed by atoms with Gasteiger partial charge in [-0.2, -0.15) is 0 Å². The first kappa shape index (κ1) is 21.7. The topological polar surface area (TPSA) is 108 Å². The Hall–Kier alpha value is -2.62. The lowest BCUT2D eigenvalue weighted by atomic mass is 10.0. The lowest BCUT2D eigenvalue weighted by molar-refractivity contribution is -0.119. The minimum absolute atomic E-state index is 0.0281. The van der Waals surface area contributed by atoms with Crippen LogP contribution in [-0.2, 0) is 9.53 Å². The lowest BCUT2D eigenvalue weighted by Gasteiger charge is -2.20. The monoisotopic (exact) mass is 411 g/mol. The van der Waals surface area contributed by atoms with Gasteiger partial charge in [0.1, 0.15) is 5.82 Å². The Morgan fingerprint density at radius 3 is 2.61 bits per heavy atom. The molecular weight excluding hydrogens is 385 g/mol. The molecule has 0 bridgehead atoms. The summed E-state index contributed by atoms with van der Waals surface area (Å²) >= 11 is 0. The number of amides is 3. The van der Waals surface area contributed by atoms with Crippen LogP contribution in [0, 0.1) is 11.7 Å². The summed E-state index contributed by atoms with van der Waals surface area (Å²) in [6.45, 7) is 6.64. The van der Waals surface area contributed by atoms with E-state index in [0.717, 1.165) is 17.0 Å². The van der Waals surface area contributed by atoms with E-state index in [-0.39, 0.29) is 25.4 Å². The molecule has 28 heavy (non-hydrogen) atoms. The van der Waals surface area contributed by atoms with Crippen LogP contribution < -0.4 is 10.6 Å². The van der Waals surface area contributed by atoms with Crippen LogP contribution in [-0.4, -0.2) is 61.9 Å². The van der Waals surface area contributed by atoms with Gasteiger partial charge in [-0.05, 0) is 24.2 Å². The summed E-state index contributed by atoms with van der Waals surface area (Å²) in [6, 6.07) is 5.46.